The Morgan fingerprint density at radius 2 is 1.94 bits per heavy atom. The summed E-state index contributed by atoms with van der Waals surface area (Å²) in [6.07, 6.45) is 0. The smallest absolute Gasteiger partial charge is 0.133 e. The SMILES string of the molecule is COc1ccc(CNCCNC(C)(C)C)cc1Br. The molecule has 0 saturated heterocycles. The molecule has 0 radical (unpaired) electrons. The minimum atomic E-state index is 0.185. The van der Waals surface area contributed by atoms with Gasteiger partial charge in [0.25, 0.3) is 0 Å². The van der Waals surface area contributed by atoms with Crippen molar-refractivity contribution in [3.05, 3.63) is 28.2 Å². The zero-order valence-corrected chi connectivity index (χ0v) is 13.2. The molecule has 0 heterocycles. The van der Waals surface area contributed by atoms with Crippen molar-refractivity contribution in [3.63, 3.8) is 0 Å². The van der Waals surface area contributed by atoms with E-state index in [0.29, 0.717) is 0 Å². The third-order valence-electron chi connectivity index (χ3n) is 2.50. The van der Waals surface area contributed by atoms with Crippen molar-refractivity contribution < 1.29 is 4.74 Å². The van der Waals surface area contributed by atoms with Crippen LogP contribution in [0.25, 0.3) is 0 Å². The molecule has 0 aliphatic rings. The second-order valence-corrected chi connectivity index (χ2v) is 6.18. The van der Waals surface area contributed by atoms with E-state index in [9.17, 15) is 0 Å². The van der Waals surface area contributed by atoms with Gasteiger partial charge in [0.2, 0.25) is 0 Å². The number of rotatable bonds is 6. The van der Waals surface area contributed by atoms with Crippen LogP contribution in [0.2, 0.25) is 0 Å². The van der Waals surface area contributed by atoms with E-state index in [-0.39, 0.29) is 5.54 Å². The number of ether oxygens (including phenoxy) is 1. The third-order valence-corrected chi connectivity index (χ3v) is 3.12. The van der Waals surface area contributed by atoms with Gasteiger partial charge in [0, 0.05) is 25.2 Å². The molecule has 18 heavy (non-hydrogen) atoms. The Bertz CT molecular complexity index is 375. The van der Waals surface area contributed by atoms with E-state index in [1.807, 2.05) is 6.07 Å². The molecule has 0 aromatic heterocycles. The Morgan fingerprint density at radius 1 is 1.22 bits per heavy atom. The van der Waals surface area contributed by atoms with Gasteiger partial charge in [-0.2, -0.15) is 0 Å². The number of methoxy groups -OCH3 is 1. The lowest BCUT2D eigenvalue weighted by Gasteiger charge is -2.20. The zero-order chi connectivity index (χ0) is 13.6. The van der Waals surface area contributed by atoms with Gasteiger partial charge in [0.05, 0.1) is 11.6 Å². The van der Waals surface area contributed by atoms with Crippen LogP contribution in [0.15, 0.2) is 22.7 Å². The van der Waals surface area contributed by atoms with Gasteiger partial charge in [-0.25, -0.2) is 0 Å². The summed E-state index contributed by atoms with van der Waals surface area (Å²) < 4.78 is 6.20. The molecule has 1 aromatic rings. The molecule has 2 N–H and O–H groups in total. The van der Waals surface area contributed by atoms with Crippen LogP contribution < -0.4 is 15.4 Å². The first-order valence-corrected chi connectivity index (χ1v) is 7.00. The summed E-state index contributed by atoms with van der Waals surface area (Å²) in [6.45, 7) is 9.32. The van der Waals surface area contributed by atoms with Crippen LogP contribution >= 0.6 is 15.9 Å². The summed E-state index contributed by atoms with van der Waals surface area (Å²) in [5.74, 6) is 0.869. The molecule has 102 valence electrons. The fourth-order valence-electron chi connectivity index (χ4n) is 1.58. The Balaban J connectivity index is 2.29. The van der Waals surface area contributed by atoms with Crippen LogP contribution in [0.4, 0.5) is 0 Å². The molecule has 0 fully saturated rings. The van der Waals surface area contributed by atoms with E-state index < -0.39 is 0 Å². The fourth-order valence-corrected chi connectivity index (χ4v) is 2.17. The van der Waals surface area contributed by atoms with Crippen LogP contribution in [0.5, 0.6) is 5.75 Å². The maximum atomic E-state index is 5.20. The van der Waals surface area contributed by atoms with Gasteiger partial charge < -0.3 is 15.4 Å². The first kappa shape index (κ1) is 15.5. The number of benzene rings is 1. The highest BCUT2D eigenvalue weighted by molar-refractivity contribution is 9.10. The van der Waals surface area contributed by atoms with Gasteiger partial charge in [-0.3, -0.25) is 0 Å². The van der Waals surface area contributed by atoms with Crippen molar-refractivity contribution >= 4 is 15.9 Å². The monoisotopic (exact) mass is 314 g/mol. The number of hydrogen-bond acceptors (Lipinski definition) is 3. The van der Waals surface area contributed by atoms with Gasteiger partial charge in [0.1, 0.15) is 5.75 Å². The summed E-state index contributed by atoms with van der Waals surface area (Å²) in [6, 6.07) is 6.14. The summed E-state index contributed by atoms with van der Waals surface area (Å²) in [5, 5.41) is 6.86. The average Bonchev–Trinajstić information content (AvgIpc) is 2.27. The molecule has 0 unspecified atom stereocenters. The maximum absolute atomic E-state index is 5.20. The molecule has 0 bridgehead atoms. The van der Waals surface area contributed by atoms with Gasteiger partial charge in [0.15, 0.2) is 0 Å². The van der Waals surface area contributed by atoms with Gasteiger partial charge in [-0.05, 0) is 54.4 Å². The van der Waals surface area contributed by atoms with Crippen molar-refractivity contribution in [2.75, 3.05) is 20.2 Å². The molecule has 0 amide bonds. The second kappa shape index (κ2) is 7.12. The molecule has 1 rings (SSSR count). The lowest BCUT2D eigenvalue weighted by Crippen LogP contribution is -2.40. The number of hydrogen-bond donors (Lipinski definition) is 2. The van der Waals surface area contributed by atoms with E-state index in [0.717, 1.165) is 29.9 Å². The molecular weight excluding hydrogens is 292 g/mol. The first-order chi connectivity index (χ1) is 8.42. The number of halogens is 1. The molecule has 0 aliphatic carbocycles. The number of nitrogens with one attached hydrogen (secondary N) is 2. The van der Waals surface area contributed by atoms with Crippen molar-refractivity contribution in [1.29, 1.82) is 0 Å². The van der Waals surface area contributed by atoms with Crippen LogP contribution in [0.3, 0.4) is 0 Å². The van der Waals surface area contributed by atoms with E-state index in [1.165, 1.54) is 5.56 Å². The van der Waals surface area contributed by atoms with Crippen LogP contribution in [-0.4, -0.2) is 25.7 Å². The highest BCUT2D eigenvalue weighted by Crippen LogP contribution is 2.25. The minimum absolute atomic E-state index is 0.185. The van der Waals surface area contributed by atoms with E-state index in [4.69, 9.17) is 4.74 Å². The molecule has 0 atom stereocenters. The molecular formula is C14H23BrN2O. The van der Waals surface area contributed by atoms with Crippen molar-refractivity contribution in [3.8, 4) is 5.75 Å². The van der Waals surface area contributed by atoms with Crippen LogP contribution in [0, 0.1) is 0 Å². The average molecular weight is 315 g/mol. The van der Waals surface area contributed by atoms with E-state index in [1.54, 1.807) is 7.11 Å². The summed E-state index contributed by atoms with van der Waals surface area (Å²) >= 11 is 3.49. The minimum Gasteiger partial charge on any atom is -0.496 e. The summed E-state index contributed by atoms with van der Waals surface area (Å²) in [5.41, 5.74) is 1.43. The van der Waals surface area contributed by atoms with Gasteiger partial charge in [-0.1, -0.05) is 6.07 Å². The quantitative estimate of drug-likeness (QED) is 0.792. The largest absolute Gasteiger partial charge is 0.496 e. The summed E-state index contributed by atoms with van der Waals surface area (Å²) in [4.78, 5) is 0. The van der Waals surface area contributed by atoms with Gasteiger partial charge >= 0.3 is 0 Å². The molecule has 3 nitrogen and oxygen atoms in total. The predicted octanol–water partition coefficient (Wildman–Crippen LogP) is 2.94. The zero-order valence-electron chi connectivity index (χ0n) is 11.6. The molecule has 0 spiro atoms. The Morgan fingerprint density at radius 3 is 2.50 bits per heavy atom. The predicted molar refractivity (Wildman–Crippen MR) is 80.2 cm³/mol. The van der Waals surface area contributed by atoms with Gasteiger partial charge in [-0.15, -0.1) is 0 Å². The normalized spacial score (nSPS) is 11.6. The highest BCUT2D eigenvalue weighted by Gasteiger charge is 2.07. The van der Waals surface area contributed by atoms with Crippen molar-refractivity contribution in [2.45, 2.75) is 32.9 Å². The molecule has 0 saturated carbocycles. The second-order valence-electron chi connectivity index (χ2n) is 5.32. The summed E-state index contributed by atoms with van der Waals surface area (Å²) in [7, 11) is 1.68. The molecule has 4 heteroatoms. The Kier molecular flexibility index (Phi) is 6.12. The van der Waals surface area contributed by atoms with E-state index in [2.05, 4.69) is 59.5 Å². The van der Waals surface area contributed by atoms with E-state index >= 15 is 0 Å². The fraction of sp³-hybridized carbons (Fsp3) is 0.571. The topological polar surface area (TPSA) is 33.3 Å². The lowest BCUT2D eigenvalue weighted by molar-refractivity contribution is 0.411. The standard InChI is InChI=1S/C14H23BrN2O/c1-14(2,3)17-8-7-16-10-11-5-6-13(18-4)12(15)9-11/h5-6,9,16-17H,7-8,10H2,1-4H3. The Hall–Kier alpha value is -0.580. The Labute approximate surface area is 118 Å². The molecule has 0 aliphatic heterocycles. The van der Waals surface area contributed by atoms with Crippen LogP contribution in [0.1, 0.15) is 26.3 Å². The van der Waals surface area contributed by atoms with Crippen LogP contribution in [-0.2, 0) is 6.54 Å². The molecule has 1 aromatic carbocycles. The first-order valence-electron chi connectivity index (χ1n) is 6.20. The maximum Gasteiger partial charge on any atom is 0.133 e. The highest BCUT2D eigenvalue weighted by atomic mass is 79.9. The lowest BCUT2D eigenvalue weighted by atomic mass is 10.1. The third kappa shape index (κ3) is 5.85. The van der Waals surface area contributed by atoms with Crippen molar-refractivity contribution in [1.82, 2.24) is 10.6 Å². The van der Waals surface area contributed by atoms with Crippen molar-refractivity contribution in [2.24, 2.45) is 0 Å².